The van der Waals surface area contributed by atoms with Crippen LogP contribution in [0.1, 0.15) is 11.3 Å². The number of alkyl halides is 1. The fraction of sp³-hybridized carbons (Fsp3) is 0.636. The Bertz CT molecular complexity index is 483. The molecule has 1 aliphatic heterocycles. The first-order valence-electron chi connectivity index (χ1n) is 5.51. The van der Waals surface area contributed by atoms with Crippen LogP contribution in [-0.4, -0.2) is 25.3 Å². The molecule has 0 amide bonds. The SMILES string of the molecule is O=S1(=O)CCC(C(CBr)Cc2ccc(Cl)s2)C1. The molecule has 1 aromatic heterocycles. The van der Waals surface area contributed by atoms with Gasteiger partial charge >= 0.3 is 0 Å². The fourth-order valence-corrected chi connectivity index (χ4v) is 6.12. The third-order valence-electron chi connectivity index (χ3n) is 3.22. The normalized spacial score (nSPS) is 24.9. The van der Waals surface area contributed by atoms with Crippen molar-refractivity contribution >= 4 is 48.7 Å². The Morgan fingerprint density at radius 3 is 2.76 bits per heavy atom. The lowest BCUT2D eigenvalue weighted by Gasteiger charge is -2.19. The van der Waals surface area contributed by atoms with Crippen molar-refractivity contribution in [1.82, 2.24) is 0 Å². The van der Waals surface area contributed by atoms with E-state index >= 15 is 0 Å². The Labute approximate surface area is 119 Å². The summed E-state index contributed by atoms with van der Waals surface area (Å²) in [5.74, 6) is 1.39. The summed E-state index contributed by atoms with van der Waals surface area (Å²) in [4.78, 5) is 1.24. The van der Waals surface area contributed by atoms with Crippen LogP contribution in [0, 0.1) is 11.8 Å². The molecule has 0 N–H and O–H groups in total. The summed E-state index contributed by atoms with van der Waals surface area (Å²) >= 11 is 11.0. The Balaban J connectivity index is 2.02. The van der Waals surface area contributed by atoms with E-state index in [0.29, 0.717) is 23.3 Å². The van der Waals surface area contributed by atoms with Gasteiger partial charge in [-0.3, -0.25) is 0 Å². The topological polar surface area (TPSA) is 34.1 Å². The average molecular weight is 358 g/mol. The van der Waals surface area contributed by atoms with Gasteiger partial charge in [0.05, 0.1) is 15.8 Å². The number of hydrogen-bond donors (Lipinski definition) is 0. The van der Waals surface area contributed by atoms with Crippen molar-refractivity contribution in [1.29, 1.82) is 0 Å². The molecule has 1 saturated heterocycles. The number of halogens is 2. The maximum Gasteiger partial charge on any atom is 0.150 e. The maximum atomic E-state index is 11.5. The molecule has 6 heteroatoms. The second-order valence-corrected chi connectivity index (χ2v) is 9.16. The van der Waals surface area contributed by atoms with E-state index in [2.05, 4.69) is 15.9 Å². The van der Waals surface area contributed by atoms with Gasteiger partial charge < -0.3 is 0 Å². The van der Waals surface area contributed by atoms with E-state index in [9.17, 15) is 8.42 Å². The highest BCUT2D eigenvalue weighted by molar-refractivity contribution is 9.09. The molecule has 96 valence electrons. The molecule has 0 aliphatic carbocycles. The molecule has 2 heterocycles. The van der Waals surface area contributed by atoms with Crippen molar-refractivity contribution in [2.24, 2.45) is 11.8 Å². The quantitative estimate of drug-likeness (QED) is 0.774. The number of thiophene rings is 1. The van der Waals surface area contributed by atoms with E-state index in [0.717, 1.165) is 22.5 Å². The van der Waals surface area contributed by atoms with Crippen LogP contribution in [0.5, 0.6) is 0 Å². The fourth-order valence-electron chi connectivity index (χ4n) is 2.26. The van der Waals surface area contributed by atoms with E-state index in [1.54, 1.807) is 11.3 Å². The number of rotatable bonds is 4. The second kappa shape index (κ2) is 5.59. The van der Waals surface area contributed by atoms with E-state index in [1.807, 2.05) is 12.1 Å². The summed E-state index contributed by atoms with van der Waals surface area (Å²) < 4.78 is 23.8. The zero-order chi connectivity index (χ0) is 12.5. The van der Waals surface area contributed by atoms with Crippen LogP contribution >= 0.6 is 38.9 Å². The predicted octanol–water partition coefficient (Wildman–Crippen LogP) is 3.39. The monoisotopic (exact) mass is 356 g/mol. The molecular formula is C11H14BrClO2S2. The molecule has 2 nitrogen and oxygen atoms in total. The largest absolute Gasteiger partial charge is 0.229 e. The Morgan fingerprint density at radius 2 is 2.29 bits per heavy atom. The highest BCUT2D eigenvalue weighted by Gasteiger charge is 2.33. The van der Waals surface area contributed by atoms with Crippen molar-refractivity contribution in [2.45, 2.75) is 12.8 Å². The molecule has 2 rings (SSSR count). The van der Waals surface area contributed by atoms with Gasteiger partial charge in [0.25, 0.3) is 0 Å². The first-order valence-corrected chi connectivity index (χ1v) is 9.64. The zero-order valence-electron chi connectivity index (χ0n) is 9.23. The van der Waals surface area contributed by atoms with Gasteiger partial charge in [0, 0.05) is 10.2 Å². The van der Waals surface area contributed by atoms with Gasteiger partial charge in [0.1, 0.15) is 0 Å². The van der Waals surface area contributed by atoms with Crippen LogP contribution < -0.4 is 0 Å². The van der Waals surface area contributed by atoms with E-state index in [1.165, 1.54) is 4.88 Å². The van der Waals surface area contributed by atoms with Crippen LogP contribution in [0.4, 0.5) is 0 Å². The summed E-state index contributed by atoms with van der Waals surface area (Å²) in [5, 5.41) is 0.850. The minimum absolute atomic E-state index is 0.292. The van der Waals surface area contributed by atoms with E-state index < -0.39 is 9.84 Å². The summed E-state index contributed by atoms with van der Waals surface area (Å²) in [6, 6.07) is 3.93. The van der Waals surface area contributed by atoms with Crippen LogP contribution in [0.25, 0.3) is 0 Å². The lowest BCUT2D eigenvalue weighted by molar-refractivity contribution is 0.404. The van der Waals surface area contributed by atoms with Crippen LogP contribution in [0.15, 0.2) is 12.1 Å². The van der Waals surface area contributed by atoms with E-state index in [4.69, 9.17) is 11.6 Å². The lowest BCUT2D eigenvalue weighted by atomic mass is 9.90. The number of hydrogen-bond acceptors (Lipinski definition) is 3. The molecule has 0 aromatic carbocycles. The summed E-state index contributed by atoms with van der Waals surface area (Å²) in [7, 11) is -2.78. The van der Waals surface area contributed by atoms with Gasteiger partial charge in [-0.1, -0.05) is 27.5 Å². The second-order valence-electron chi connectivity index (χ2n) is 4.49. The molecule has 1 aliphatic rings. The van der Waals surface area contributed by atoms with Crippen molar-refractivity contribution in [3.8, 4) is 0 Å². The van der Waals surface area contributed by atoms with Gasteiger partial charge in [-0.2, -0.15) is 0 Å². The molecule has 1 fully saturated rings. The zero-order valence-corrected chi connectivity index (χ0v) is 13.2. The Hall–Kier alpha value is 0.420. The smallest absolute Gasteiger partial charge is 0.150 e. The molecular weight excluding hydrogens is 344 g/mol. The van der Waals surface area contributed by atoms with Crippen molar-refractivity contribution in [3.05, 3.63) is 21.3 Å². The minimum atomic E-state index is -2.78. The van der Waals surface area contributed by atoms with Gasteiger partial charge in [-0.15, -0.1) is 11.3 Å². The lowest BCUT2D eigenvalue weighted by Crippen LogP contribution is -2.19. The molecule has 1 aromatic rings. The standard InChI is InChI=1S/C11H14BrClO2S2/c12-6-9(5-10-1-2-11(13)16-10)8-3-4-17(14,15)7-8/h1-2,8-9H,3-7H2. The van der Waals surface area contributed by atoms with Crippen LogP contribution in [-0.2, 0) is 16.3 Å². The highest BCUT2D eigenvalue weighted by Crippen LogP contribution is 2.32. The predicted molar refractivity (Wildman–Crippen MR) is 77.1 cm³/mol. The van der Waals surface area contributed by atoms with Crippen molar-refractivity contribution in [2.75, 3.05) is 16.8 Å². The Kier molecular flexibility index (Phi) is 4.55. The molecule has 0 spiro atoms. The third-order valence-corrected chi connectivity index (χ3v) is 7.10. The van der Waals surface area contributed by atoms with Crippen molar-refractivity contribution in [3.63, 3.8) is 0 Å². The minimum Gasteiger partial charge on any atom is -0.229 e. The molecule has 0 bridgehead atoms. The summed E-state index contributed by atoms with van der Waals surface area (Å²) in [6.07, 6.45) is 1.72. The molecule has 0 radical (unpaired) electrons. The van der Waals surface area contributed by atoms with Gasteiger partial charge in [-0.05, 0) is 36.8 Å². The van der Waals surface area contributed by atoms with E-state index in [-0.39, 0.29) is 0 Å². The number of sulfone groups is 1. The summed E-state index contributed by atoms with van der Waals surface area (Å²) in [5.41, 5.74) is 0. The average Bonchev–Trinajstić information content (AvgIpc) is 2.81. The first-order chi connectivity index (χ1) is 8.00. The first kappa shape index (κ1) is 13.8. The molecule has 2 unspecified atom stereocenters. The molecule has 0 saturated carbocycles. The third kappa shape index (κ3) is 3.69. The van der Waals surface area contributed by atoms with Crippen molar-refractivity contribution < 1.29 is 8.42 Å². The molecule has 2 atom stereocenters. The Morgan fingerprint density at radius 1 is 1.53 bits per heavy atom. The van der Waals surface area contributed by atoms with Gasteiger partial charge in [-0.25, -0.2) is 8.42 Å². The molecule has 17 heavy (non-hydrogen) atoms. The maximum absolute atomic E-state index is 11.5. The van der Waals surface area contributed by atoms with Gasteiger partial charge in [0.2, 0.25) is 0 Å². The van der Waals surface area contributed by atoms with Crippen LogP contribution in [0.2, 0.25) is 4.34 Å². The van der Waals surface area contributed by atoms with Gasteiger partial charge in [0.15, 0.2) is 9.84 Å². The van der Waals surface area contributed by atoms with Crippen LogP contribution in [0.3, 0.4) is 0 Å². The highest BCUT2D eigenvalue weighted by atomic mass is 79.9. The summed E-state index contributed by atoms with van der Waals surface area (Å²) in [6.45, 7) is 0.